The predicted octanol–water partition coefficient (Wildman–Crippen LogP) is 2.75. The Balaban J connectivity index is 2.23. The Hall–Kier alpha value is -1.64. The minimum Gasteiger partial charge on any atom is -0.481 e. The molecule has 3 nitrogen and oxygen atoms in total. The van der Waals surface area contributed by atoms with Crippen LogP contribution in [0.4, 0.5) is 0 Å². The fraction of sp³-hybridized carbons (Fsp3) is 0.385. The van der Waals surface area contributed by atoms with Crippen LogP contribution < -0.4 is 0 Å². The largest absolute Gasteiger partial charge is 0.481 e. The number of rotatable bonds is 7. The maximum atomic E-state index is 10.3. The first kappa shape index (κ1) is 10.9. The number of benzene rings is 1. The van der Waals surface area contributed by atoms with Gasteiger partial charge in [-0.3, -0.25) is 9.79 Å². The zero-order chi connectivity index (χ0) is 12.5. The van der Waals surface area contributed by atoms with Gasteiger partial charge in [0, 0.05) is 19.2 Å². The Kier molecular flexibility index (Phi) is 5.18. The van der Waals surface area contributed by atoms with E-state index in [1.807, 2.05) is 30.3 Å². The number of hydrogen-bond donors (Lipinski definition) is 1. The van der Waals surface area contributed by atoms with Crippen molar-refractivity contribution in [3.63, 3.8) is 0 Å². The van der Waals surface area contributed by atoms with Crippen LogP contribution in [0.25, 0.3) is 0 Å². The molecule has 16 heavy (non-hydrogen) atoms. The van der Waals surface area contributed by atoms with Crippen LogP contribution in [0.2, 0.25) is 0 Å². The van der Waals surface area contributed by atoms with Gasteiger partial charge in [-0.2, -0.15) is 0 Å². The molecule has 1 N–H and O–H groups in total. The summed E-state index contributed by atoms with van der Waals surface area (Å²) in [7, 11) is 0. The van der Waals surface area contributed by atoms with Crippen LogP contribution in [0, 0.1) is 0 Å². The fourth-order valence-corrected chi connectivity index (χ4v) is 1.30. The summed E-state index contributed by atoms with van der Waals surface area (Å²) in [6.07, 6.45) is 2.88. The highest BCUT2D eigenvalue weighted by atomic mass is 16.4. The van der Waals surface area contributed by atoms with E-state index in [2.05, 4.69) is 4.99 Å². The van der Waals surface area contributed by atoms with Gasteiger partial charge in [0.05, 0.1) is 1.37 Å². The van der Waals surface area contributed by atoms with Gasteiger partial charge in [-0.25, -0.2) is 0 Å². The summed E-state index contributed by atoms with van der Waals surface area (Å²) >= 11 is 0. The molecule has 0 aliphatic heterocycles. The first-order valence-electron chi connectivity index (χ1n) is 5.98. The van der Waals surface area contributed by atoms with Crippen molar-refractivity contribution in [1.82, 2.24) is 0 Å². The molecule has 0 atom stereocenters. The monoisotopic (exact) mass is 220 g/mol. The third-order valence-electron chi connectivity index (χ3n) is 2.14. The molecule has 0 bridgehead atoms. The van der Waals surface area contributed by atoms with Gasteiger partial charge >= 0.3 is 5.97 Å². The molecule has 86 valence electrons. The summed E-state index contributed by atoms with van der Waals surface area (Å²) in [6, 6.07) is 9.38. The zero-order valence-corrected chi connectivity index (χ0v) is 9.22. The second kappa shape index (κ2) is 7.63. The van der Waals surface area contributed by atoms with Crippen molar-refractivity contribution in [3.8, 4) is 0 Å². The third kappa shape index (κ3) is 5.96. The van der Waals surface area contributed by atoms with Gasteiger partial charge in [0.25, 0.3) is 0 Å². The standard InChI is InChI=1S/C13H17NO2/c15-13(16)9-5-2-6-10-14-11-12-7-3-1-4-8-12/h1,3-4,7-8,11H,2,5-6,9-10H2,(H,15,16)/i11D. The summed E-state index contributed by atoms with van der Waals surface area (Å²) in [6.45, 7) is 0.591. The van der Waals surface area contributed by atoms with Crippen LogP contribution in [0.5, 0.6) is 0 Å². The van der Waals surface area contributed by atoms with E-state index in [0.29, 0.717) is 19.2 Å². The third-order valence-corrected chi connectivity index (χ3v) is 2.14. The smallest absolute Gasteiger partial charge is 0.303 e. The van der Waals surface area contributed by atoms with Crippen molar-refractivity contribution in [2.45, 2.75) is 25.7 Å². The van der Waals surface area contributed by atoms with E-state index < -0.39 is 5.97 Å². The molecule has 0 saturated carbocycles. The number of nitrogens with zero attached hydrogens (tertiary/aromatic N) is 1. The Morgan fingerprint density at radius 3 is 2.75 bits per heavy atom. The van der Waals surface area contributed by atoms with E-state index in [0.717, 1.165) is 18.4 Å². The van der Waals surface area contributed by atoms with Crippen LogP contribution in [0.3, 0.4) is 0 Å². The van der Waals surface area contributed by atoms with E-state index in [4.69, 9.17) is 6.48 Å². The van der Waals surface area contributed by atoms with E-state index in [-0.39, 0.29) is 6.42 Å². The molecule has 0 fully saturated rings. The maximum absolute atomic E-state index is 10.3. The highest BCUT2D eigenvalue weighted by Gasteiger charge is 1.95. The fourth-order valence-electron chi connectivity index (χ4n) is 1.30. The SMILES string of the molecule is [2H]C(=NCCCCCC(=O)O)c1ccccc1. The van der Waals surface area contributed by atoms with Crippen molar-refractivity contribution >= 4 is 12.2 Å². The quantitative estimate of drug-likeness (QED) is 0.567. The van der Waals surface area contributed by atoms with E-state index >= 15 is 0 Å². The summed E-state index contributed by atoms with van der Waals surface area (Å²) in [5.74, 6) is -0.751. The second-order valence-corrected chi connectivity index (χ2v) is 3.56. The first-order chi connectivity index (χ1) is 8.20. The number of aliphatic carboxylic acids is 1. The van der Waals surface area contributed by atoms with E-state index in [9.17, 15) is 4.79 Å². The minimum absolute atomic E-state index is 0.218. The van der Waals surface area contributed by atoms with Crippen LogP contribution in [0.1, 0.15) is 32.6 Å². The number of carboxylic acid groups (broad SMARTS) is 1. The highest BCUT2D eigenvalue weighted by molar-refractivity contribution is 5.79. The topological polar surface area (TPSA) is 49.7 Å². The minimum atomic E-state index is -0.751. The molecule has 0 amide bonds. The molecular formula is C13H17NO2. The normalized spacial score (nSPS) is 12.2. The maximum Gasteiger partial charge on any atom is 0.303 e. The van der Waals surface area contributed by atoms with E-state index in [1.165, 1.54) is 0 Å². The Morgan fingerprint density at radius 1 is 1.31 bits per heavy atom. The molecule has 0 unspecified atom stereocenters. The zero-order valence-electron chi connectivity index (χ0n) is 10.2. The number of carbonyl (C=O) groups is 1. The average Bonchev–Trinajstić information content (AvgIpc) is 2.34. The Bertz CT molecular complexity index is 376. The van der Waals surface area contributed by atoms with Gasteiger partial charge in [0.2, 0.25) is 0 Å². The van der Waals surface area contributed by atoms with Gasteiger partial charge in [-0.05, 0) is 18.4 Å². The van der Waals surface area contributed by atoms with Gasteiger partial charge < -0.3 is 5.11 Å². The summed E-state index contributed by atoms with van der Waals surface area (Å²) in [5, 5.41) is 8.45. The molecular weight excluding hydrogens is 202 g/mol. The first-order valence-corrected chi connectivity index (χ1v) is 5.48. The summed E-state index contributed by atoms with van der Waals surface area (Å²) in [4.78, 5) is 14.4. The number of aliphatic imine (C=N–C) groups is 1. The van der Waals surface area contributed by atoms with Gasteiger partial charge in [-0.15, -0.1) is 0 Å². The molecule has 0 heterocycles. The molecule has 1 aromatic carbocycles. The van der Waals surface area contributed by atoms with Crippen molar-refractivity contribution in [3.05, 3.63) is 35.9 Å². The lowest BCUT2D eigenvalue weighted by Crippen LogP contribution is -1.94. The molecule has 0 aliphatic carbocycles. The molecule has 0 radical (unpaired) electrons. The number of carboxylic acids is 1. The lowest BCUT2D eigenvalue weighted by atomic mass is 10.2. The lowest BCUT2D eigenvalue weighted by Gasteiger charge is -1.95. The summed E-state index contributed by atoms with van der Waals surface area (Å²) < 4.78 is 7.72. The summed E-state index contributed by atoms with van der Waals surface area (Å²) in [5.41, 5.74) is 0.818. The molecule has 0 spiro atoms. The highest BCUT2D eigenvalue weighted by Crippen LogP contribution is 2.00. The van der Waals surface area contributed by atoms with Crippen molar-refractivity contribution in [2.24, 2.45) is 4.99 Å². The molecule has 0 saturated heterocycles. The van der Waals surface area contributed by atoms with Crippen LogP contribution in [0.15, 0.2) is 35.3 Å². The molecule has 3 heteroatoms. The van der Waals surface area contributed by atoms with Crippen molar-refractivity contribution in [2.75, 3.05) is 6.54 Å². The average molecular weight is 220 g/mol. The predicted molar refractivity (Wildman–Crippen MR) is 65.0 cm³/mol. The van der Waals surface area contributed by atoms with Crippen molar-refractivity contribution < 1.29 is 11.3 Å². The molecule has 1 rings (SSSR count). The lowest BCUT2D eigenvalue weighted by molar-refractivity contribution is -0.137. The van der Waals surface area contributed by atoms with Gasteiger partial charge in [0.15, 0.2) is 0 Å². The molecule has 1 aromatic rings. The second-order valence-electron chi connectivity index (χ2n) is 3.56. The van der Waals surface area contributed by atoms with Crippen LogP contribution >= 0.6 is 0 Å². The van der Waals surface area contributed by atoms with E-state index in [1.54, 1.807) is 0 Å². The van der Waals surface area contributed by atoms with Crippen LogP contribution in [-0.2, 0) is 4.79 Å². The van der Waals surface area contributed by atoms with Gasteiger partial charge in [-0.1, -0.05) is 36.8 Å². The number of unbranched alkanes of at least 4 members (excludes halogenated alkanes) is 2. The molecule has 0 aromatic heterocycles. The number of hydrogen-bond acceptors (Lipinski definition) is 2. The molecule has 0 aliphatic rings. The van der Waals surface area contributed by atoms with Gasteiger partial charge in [0.1, 0.15) is 0 Å². The Morgan fingerprint density at radius 2 is 2.06 bits per heavy atom. The van der Waals surface area contributed by atoms with Crippen molar-refractivity contribution in [1.29, 1.82) is 0 Å². The van der Waals surface area contributed by atoms with Crippen LogP contribution in [-0.4, -0.2) is 23.8 Å². The Labute approximate surface area is 97.2 Å².